The second-order valence-corrected chi connectivity index (χ2v) is 4.03. The Morgan fingerprint density at radius 1 is 1.33 bits per heavy atom. The summed E-state index contributed by atoms with van der Waals surface area (Å²) in [5.41, 5.74) is 0.736. The highest BCUT2D eigenvalue weighted by molar-refractivity contribution is 5.54. The Morgan fingerprint density at radius 2 is 2.13 bits per heavy atom. The molecule has 4 rings (SSSR count). The molecule has 0 aromatic heterocycles. The number of morpholine rings is 1. The van der Waals surface area contributed by atoms with Gasteiger partial charge in [-0.05, 0) is 12.1 Å². The third kappa shape index (κ3) is 1.33. The molecule has 0 unspecified atom stereocenters. The van der Waals surface area contributed by atoms with Crippen molar-refractivity contribution < 1.29 is 9.84 Å². The van der Waals surface area contributed by atoms with Crippen molar-refractivity contribution in [1.29, 1.82) is 0 Å². The molecule has 1 saturated heterocycles. The molecule has 0 amide bonds. The van der Waals surface area contributed by atoms with E-state index in [1.807, 2.05) is 24.3 Å². The quantitative estimate of drug-likeness (QED) is 0.616. The molecular formula is C11H14N2O2. The summed E-state index contributed by atoms with van der Waals surface area (Å²) in [7, 11) is 0. The summed E-state index contributed by atoms with van der Waals surface area (Å²) < 4.78 is 5.60. The minimum atomic E-state index is -1.06. The van der Waals surface area contributed by atoms with Crippen LogP contribution in [-0.4, -0.2) is 30.9 Å². The molecule has 3 N–H and O–H groups in total. The first kappa shape index (κ1) is 9.15. The van der Waals surface area contributed by atoms with Crippen molar-refractivity contribution in [1.82, 2.24) is 5.32 Å². The van der Waals surface area contributed by atoms with E-state index in [4.69, 9.17) is 4.74 Å². The molecule has 3 heterocycles. The van der Waals surface area contributed by atoms with Gasteiger partial charge in [-0.2, -0.15) is 0 Å². The number of anilines is 1. The molecule has 0 radical (unpaired) electrons. The van der Waals surface area contributed by atoms with Gasteiger partial charge < -0.3 is 20.5 Å². The Labute approximate surface area is 88.3 Å². The fourth-order valence-electron chi connectivity index (χ4n) is 2.20. The molecule has 4 nitrogen and oxygen atoms in total. The van der Waals surface area contributed by atoms with Crippen molar-refractivity contribution in [3.63, 3.8) is 0 Å². The van der Waals surface area contributed by atoms with E-state index in [-0.39, 0.29) is 6.10 Å². The number of nitrogens with one attached hydrogen (secondary N) is 2. The van der Waals surface area contributed by atoms with E-state index in [1.165, 1.54) is 0 Å². The van der Waals surface area contributed by atoms with Crippen LogP contribution in [-0.2, 0) is 10.5 Å². The monoisotopic (exact) mass is 206 g/mol. The molecule has 0 spiro atoms. The van der Waals surface area contributed by atoms with E-state index in [1.54, 1.807) is 0 Å². The number of fused-ring (bicyclic) bond motifs is 3. The lowest BCUT2D eigenvalue weighted by Gasteiger charge is -2.42. The number of benzene rings is 1. The van der Waals surface area contributed by atoms with Crippen LogP contribution in [0.2, 0.25) is 0 Å². The summed E-state index contributed by atoms with van der Waals surface area (Å²) in [6.45, 7) is 2.16. The van der Waals surface area contributed by atoms with E-state index in [2.05, 4.69) is 10.6 Å². The molecule has 3 aliphatic rings. The number of hydrogen-bond acceptors (Lipinski definition) is 4. The number of aliphatic hydroxyl groups is 1. The molecule has 1 aromatic rings. The van der Waals surface area contributed by atoms with Gasteiger partial charge in [-0.3, -0.25) is 0 Å². The maximum Gasteiger partial charge on any atom is 0.190 e. The van der Waals surface area contributed by atoms with Gasteiger partial charge in [0.2, 0.25) is 0 Å². The van der Waals surface area contributed by atoms with Crippen LogP contribution in [0.4, 0.5) is 5.69 Å². The lowest BCUT2D eigenvalue weighted by atomic mass is 9.91. The SMILES string of the molecule is O[C@@]1([C@@H]2CNCCO2)Nc2ccc1cc2. The summed E-state index contributed by atoms with van der Waals surface area (Å²) in [5.74, 6) is 0. The van der Waals surface area contributed by atoms with E-state index in [0.29, 0.717) is 13.2 Å². The van der Waals surface area contributed by atoms with Crippen LogP contribution in [0.15, 0.2) is 24.3 Å². The zero-order valence-electron chi connectivity index (χ0n) is 8.36. The average Bonchev–Trinajstić information content (AvgIpc) is 2.31. The summed E-state index contributed by atoms with van der Waals surface area (Å²) in [6.07, 6.45) is -0.230. The van der Waals surface area contributed by atoms with E-state index in [9.17, 15) is 5.11 Å². The van der Waals surface area contributed by atoms with Crippen molar-refractivity contribution in [3.05, 3.63) is 29.8 Å². The first-order valence-corrected chi connectivity index (χ1v) is 5.22. The van der Waals surface area contributed by atoms with Crippen molar-refractivity contribution >= 4 is 5.69 Å². The smallest absolute Gasteiger partial charge is 0.190 e. The van der Waals surface area contributed by atoms with Gasteiger partial charge in [0.05, 0.1) is 6.61 Å². The van der Waals surface area contributed by atoms with Gasteiger partial charge in [-0.25, -0.2) is 0 Å². The maximum absolute atomic E-state index is 10.5. The van der Waals surface area contributed by atoms with Gasteiger partial charge in [0, 0.05) is 24.3 Å². The standard InChI is InChI=1S/C11H14N2O2/c14-11(10-7-12-5-6-15-10)8-1-3-9(13-11)4-2-8/h1-4,10,12-14H,5-7H2/t10-,11-/m0/s1. The second-order valence-electron chi connectivity index (χ2n) is 4.03. The highest BCUT2D eigenvalue weighted by Crippen LogP contribution is 2.34. The highest BCUT2D eigenvalue weighted by Gasteiger charge is 2.42. The molecule has 2 atom stereocenters. The number of hydrogen-bond donors (Lipinski definition) is 3. The average molecular weight is 206 g/mol. The largest absolute Gasteiger partial charge is 0.370 e. The fraction of sp³-hybridized carbons (Fsp3) is 0.455. The van der Waals surface area contributed by atoms with Crippen LogP contribution in [0.1, 0.15) is 5.56 Å². The van der Waals surface area contributed by atoms with Gasteiger partial charge in [-0.15, -0.1) is 0 Å². The zero-order chi connectivity index (χ0) is 10.3. The Morgan fingerprint density at radius 3 is 2.67 bits per heavy atom. The second kappa shape index (κ2) is 3.20. The van der Waals surface area contributed by atoms with E-state index in [0.717, 1.165) is 17.8 Å². The number of ether oxygens (including phenoxy) is 1. The predicted molar refractivity (Wildman–Crippen MR) is 56.6 cm³/mol. The van der Waals surface area contributed by atoms with Gasteiger partial charge in [0.25, 0.3) is 0 Å². The predicted octanol–water partition coefficient (Wildman–Crippen LogP) is 0.246. The third-order valence-electron chi connectivity index (χ3n) is 3.05. The van der Waals surface area contributed by atoms with Crippen LogP contribution in [0, 0.1) is 0 Å². The molecule has 2 bridgehead atoms. The molecule has 1 aromatic carbocycles. The van der Waals surface area contributed by atoms with Gasteiger partial charge in [0.1, 0.15) is 6.10 Å². The highest BCUT2D eigenvalue weighted by atomic mass is 16.5. The Balaban J connectivity index is 1.92. The third-order valence-corrected chi connectivity index (χ3v) is 3.05. The normalized spacial score (nSPS) is 33.8. The maximum atomic E-state index is 10.5. The Kier molecular flexibility index (Phi) is 1.95. The molecule has 80 valence electrons. The molecule has 0 aliphatic carbocycles. The summed E-state index contributed by atoms with van der Waals surface area (Å²) in [6, 6.07) is 7.79. The Bertz CT molecular complexity index is 359. The molecule has 3 aliphatic heterocycles. The minimum Gasteiger partial charge on any atom is -0.370 e. The summed E-state index contributed by atoms with van der Waals surface area (Å²) in [5, 5.41) is 16.9. The van der Waals surface area contributed by atoms with Crippen LogP contribution in [0.25, 0.3) is 0 Å². The van der Waals surface area contributed by atoms with Crippen molar-refractivity contribution in [2.24, 2.45) is 0 Å². The molecular weight excluding hydrogens is 192 g/mol. The topological polar surface area (TPSA) is 53.5 Å². The molecule has 4 heteroatoms. The minimum absolute atomic E-state index is 0.230. The van der Waals surface area contributed by atoms with Crippen LogP contribution in [0.5, 0.6) is 0 Å². The van der Waals surface area contributed by atoms with Crippen LogP contribution in [0.3, 0.4) is 0 Å². The lowest BCUT2D eigenvalue weighted by Crippen LogP contribution is -2.56. The summed E-state index contributed by atoms with van der Waals surface area (Å²) in [4.78, 5) is 0. The fourth-order valence-corrected chi connectivity index (χ4v) is 2.20. The first-order valence-electron chi connectivity index (χ1n) is 5.22. The van der Waals surface area contributed by atoms with Crippen molar-refractivity contribution in [3.8, 4) is 0 Å². The number of rotatable bonds is 1. The van der Waals surface area contributed by atoms with Gasteiger partial charge in [-0.1, -0.05) is 12.1 Å². The van der Waals surface area contributed by atoms with Gasteiger partial charge >= 0.3 is 0 Å². The zero-order valence-corrected chi connectivity index (χ0v) is 8.36. The molecule has 15 heavy (non-hydrogen) atoms. The van der Waals surface area contributed by atoms with E-state index >= 15 is 0 Å². The van der Waals surface area contributed by atoms with Crippen molar-refractivity contribution in [2.75, 3.05) is 25.0 Å². The van der Waals surface area contributed by atoms with E-state index < -0.39 is 5.72 Å². The Hall–Kier alpha value is -1.10. The van der Waals surface area contributed by atoms with Crippen LogP contribution >= 0.6 is 0 Å². The summed E-state index contributed by atoms with van der Waals surface area (Å²) >= 11 is 0. The van der Waals surface area contributed by atoms with Gasteiger partial charge in [0.15, 0.2) is 5.72 Å². The first-order chi connectivity index (χ1) is 7.29. The molecule has 1 fully saturated rings. The van der Waals surface area contributed by atoms with Crippen molar-refractivity contribution in [2.45, 2.75) is 11.8 Å². The molecule has 0 saturated carbocycles. The lowest BCUT2D eigenvalue weighted by molar-refractivity contribution is -0.109. The van der Waals surface area contributed by atoms with Crippen LogP contribution < -0.4 is 10.6 Å².